The fourth-order valence-electron chi connectivity index (χ4n) is 3.18. The van der Waals surface area contributed by atoms with Crippen LogP contribution in [0.1, 0.15) is 30.8 Å². The summed E-state index contributed by atoms with van der Waals surface area (Å²) in [5, 5.41) is 8.15. The van der Waals surface area contributed by atoms with E-state index in [9.17, 15) is 0 Å². The quantitative estimate of drug-likeness (QED) is 0.899. The molecule has 3 rings (SSSR count). The molecule has 0 spiro atoms. The maximum Gasteiger partial charge on any atom is 0.0624 e. The Morgan fingerprint density at radius 3 is 2.62 bits per heavy atom. The molecule has 1 aromatic carbocycles. The lowest BCUT2D eigenvalue weighted by atomic mass is 9.72. The lowest BCUT2D eigenvalue weighted by Crippen LogP contribution is -2.58. The summed E-state index contributed by atoms with van der Waals surface area (Å²) in [6.45, 7) is 7.34. The molecular weight excluding hydrogens is 326 g/mol. The van der Waals surface area contributed by atoms with E-state index in [0.29, 0.717) is 0 Å². The minimum atomic E-state index is 0.193. The van der Waals surface area contributed by atoms with E-state index in [1.54, 1.807) is 0 Å². The van der Waals surface area contributed by atoms with Crippen molar-refractivity contribution in [3.05, 3.63) is 51.8 Å². The smallest absolute Gasteiger partial charge is 0.0624 e. The van der Waals surface area contributed by atoms with Gasteiger partial charge in [-0.1, -0.05) is 41.1 Å². The first-order chi connectivity index (χ1) is 10.2. The second kappa shape index (κ2) is 5.93. The van der Waals surface area contributed by atoms with Crippen LogP contribution < -0.4 is 5.32 Å². The van der Waals surface area contributed by atoms with Crippen molar-refractivity contribution in [1.29, 1.82) is 0 Å². The first-order valence-electron chi connectivity index (χ1n) is 7.70. The van der Waals surface area contributed by atoms with Crippen LogP contribution >= 0.6 is 15.9 Å². The van der Waals surface area contributed by atoms with Gasteiger partial charge >= 0.3 is 0 Å². The monoisotopic (exact) mass is 347 g/mol. The van der Waals surface area contributed by atoms with Crippen LogP contribution in [0.5, 0.6) is 0 Å². The third kappa shape index (κ3) is 2.67. The minimum absolute atomic E-state index is 0.193. The highest BCUT2D eigenvalue weighted by molar-refractivity contribution is 9.10. The molecule has 4 heteroatoms. The molecule has 0 amide bonds. The summed E-state index contributed by atoms with van der Waals surface area (Å²) in [7, 11) is 0. The van der Waals surface area contributed by atoms with E-state index in [2.05, 4.69) is 70.1 Å². The predicted octanol–water partition coefficient (Wildman–Crippen LogP) is 3.31. The summed E-state index contributed by atoms with van der Waals surface area (Å²) >= 11 is 3.72. The fourth-order valence-corrected chi connectivity index (χ4v) is 3.88. The summed E-state index contributed by atoms with van der Waals surface area (Å²) in [5.74, 6) is 0. The summed E-state index contributed by atoms with van der Waals surface area (Å²) in [6.07, 6.45) is 2.05. The molecule has 0 unspecified atom stereocenters. The largest absolute Gasteiger partial charge is 0.315 e. The molecule has 3 nitrogen and oxygen atoms in total. The van der Waals surface area contributed by atoms with Crippen molar-refractivity contribution in [2.24, 2.45) is 0 Å². The lowest BCUT2D eigenvalue weighted by Gasteiger charge is -2.44. The Kier molecular flexibility index (Phi) is 4.18. The first-order valence-corrected chi connectivity index (χ1v) is 8.49. The van der Waals surface area contributed by atoms with Gasteiger partial charge < -0.3 is 5.32 Å². The summed E-state index contributed by atoms with van der Waals surface area (Å²) in [5.41, 5.74) is 4.15. The van der Waals surface area contributed by atoms with Crippen LogP contribution in [0.15, 0.2) is 34.8 Å². The van der Waals surface area contributed by atoms with E-state index >= 15 is 0 Å². The van der Waals surface area contributed by atoms with Crippen molar-refractivity contribution in [3.8, 4) is 0 Å². The molecule has 1 aromatic heterocycles. The highest BCUT2D eigenvalue weighted by atomic mass is 79.9. The van der Waals surface area contributed by atoms with Gasteiger partial charge in [-0.3, -0.25) is 4.68 Å². The number of hydrogen-bond acceptors (Lipinski definition) is 2. The molecule has 2 heterocycles. The van der Waals surface area contributed by atoms with E-state index in [0.717, 1.165) is 32.5 Å². The van der Waals surface area contributed by atoms with Crippen molar-refractivity contribution >= 4 is 15.9 Å². The van der Waals surface area contributed by atoms with Crippen LogP contribution in [0.3, 0.4) is 0 Å². The zero-order valence-electron chi connectivity index (χ0n) is 12.7. The average Bonchev–Trinajstić information content (AvgIpc) is 2.86. The average molecular weight is 348 g/mol. The summed E-state index contributed by atoms with van der Waals surface area (Å²) < 4.78 is 3.38. The van der Waals surface area contributed by atoms with Gasteiger partial charge in [0, 0.05) is 41.6 Å². The predicted molar refractivity (Wildman–Crippen MR) is 89.7 cm³/mol. The Morgan fingerprint density at radius 2 is 2.05 bits per heavy atom. The Hall–Kier alpha value is -1.13. The maximum absolute atomic E-state index is 4.69. The number of halogens is 1. The zero-order valence-corrected chi connectivity index (χ0v) is 14.3. The normalized spacial score (nSPS) is 16.7. The topological polar surface area (TPSA) is 29.9 Å². The van der Waals surface area contributed by atoms with Gasteiger partial charge in [-0.25, -0.2) is 0 Å². The molecule has 1 saturated heterocycles. The number of aromatic nitrogens is 2. The third-order valence-corrected chi connectivity index (χ3v) is 5.16. The molecular formula is C17H22BrN3. The van der Waals surface area contributed by atoms with Gasteiger partial charge in [-0.2, -0.15) is 5.10 Å². The molecule has 0 bridgehead atoms. The van der Waals surface area contributed by atoms with Crippen molar-refractivity contribution < 1.29 is 0 Å². The second-order valence-corrected chi connectivity index (χ2v) is 6.69. The van der Waals surface area contributed by atoms with E-state index in [4.69, 9.17) is 5.10 Å². The lowest BCUT2D eigenvalue weighted by molar-refractivity contribution is 0.267. The van der Waals surface area contributed by atoms with Crippen LogP contribution in [-0.4, -0.2) is 22.9 Å². The Bertz CT molecular complexity index is 629. The Balaban J connectivity index is 1.95. The van der Waals surface area contributed by atoms with Gasteiger partial charge in [0.15, 0.2) is 0 Å². The van der Waals surface area contributed by atoms with Crippen LogP contribution in [0.2, 0.25) is 0 Å². The number of rotatable bonds is 5. The van der Waals surface area contributed by atoms with E-state index in [1.165, 1.54) is 21.4 Å². The van der Waals surface area contributed by atoms with Gasteiger partial charge in [-0.15, -0.1) is 0 Å². The molecule has 0 atom stereocenters. The molecule has 1 fully saturated rings. The van der Waals surface area contributed by atoms with Gasteiger partial charge in [0.25, 0.3) is 0 Å². The maximum atomic E-state index is 4.69. The molecule has 0 saturated carbocycles. The molecule has 1 aliphatic rings. The molecule has 1 aliphatic heterocycles. The standard InChI is InChI=1S/C17H22BrN3/c1-3-13-9-14(21(4-2)20-13)10-17(11-19-12-17)15-7-5-6-8-16(15)18/h5-9,19H,3-4,10-12H2,1-2H3. The van der Waals surface area contributed by atoms with Crippen molar-refractivity contribution in [2.75, 3.05) is 13.1 Å². The van der Waals surface area contributed by atoms with Crippen LogP contribution in [0.25, 0.3) is 0 Å². The number of aryl methyl sites for hydroxylation is 2. The number of benzene rings is 1. The minimum Gasteiger partial charge on any atom is -0.315 e. The Labute approximate surface area is 134 Å². The van der Waals surface area contributed by atoms with Gasteiger partial charge in [0.05, 0.1) is 5.69 Å². The number of nitrogens with one attached hydrogen (secondary N) is 1. The van der Waals surface area contributed by atoms with Crippen LogP contribution in [0.4, 0.5) is 0 Å². The fraction of sp³-hybridized carbons (Fsp3) is 0.471. The molecule has 0 radical (unpaired) electrons. The van der Waals surface area contributed by atoms with Crippen LogP contribution in [-0.2, 0) is 24.8 Å². The molecule has 112 valence electrons. The van der Waals surface area contributed by atoms with Crippen LogP contribution in [0, 0.1) is 0 Å². The first kappa shape index (κ1) is 14.8. The molecule has 21 heavy (non-hydrogen) atoms. The van der Waals surface area contributed by atoms with E-state index in [1.807, 2.05) is 0 Å². The third-order valence-electron chi connectivity index (χ3n) is 4.47. The summed E-state index contributed by atoms with van der Waals surface area (Å²) in [4.78, 5) is 0. The Morgan fingerprint density at radius 1 is 1.29 bits per heavy atom. The number of nitrogens with zero attached hydrogens (tertiary/aromatic N) is 2. The molecule has 2 aromatic rings. The van der Waals surface area contributed by atoms with Gasteiger partial charge in [0.1, 0.15) is 0 Å². The van der Waals surface area contributed by atoms with E-state index in [-0.39, 0.29) is 5.41 Å². The molecule has 1 N–H and O–H groups in total. The molecule has 0 aliphatic carbocycles. The van der Waals surface area contributed by atoms with Crippen molar-refractivity contribution in [2.45, 2.75) is 38.6 Å². The van der Waals surface area contributed by atoms with Crippen molar-refractivity contribution in [3.63, 3.8) is 0 Å². The highest BCUT2D eigenvalue weighted by Gasteiger charge is 2.40. The SMILES string of the molecule is CCc1cc(CC2(c3ccccc3Br)CNC2)n(CC)n1. The number of hydrogen-bond donors (Lipinski definition) is 1. The van der Waals surface area contributed by atoms with Crippen molar-refractivity contribution in [1.82, 2.24) is 15.1 Å². The second-order valence-electron chi connectivity index (χ2n) is 5.84. The highest BCUT2D eigenvalue weighted by Crippen LogP contribution is 2.37. The van der Waals surface area contributed by atoms with Gasteiger partial charge in [0.2, 0.25) is 0 Å². The van der Waals surface area contributed by atoms with Gasteiger partial charge in [-0.05, 0) is 31.0 Å². The summed E-state index contributed by atoms with van der Waals surface area (Å²) in [6, 6.07) is 10.9. The zero-order chi connectivity index (χ0) is 14.9. The van der Waals surface area contributed by atoms with E-state index < -0.39 is 0 Å².